The highest BCUT2D eigenvalue weighted by molar-refractivity contribution is 7.91. The Kier molecular flexibility index (Phi) is 3.96. The smallest absolute Gasteiger partial charge is 0.241 e. The van der Waals surface area contributed by atoms with Gasteiger partial charge in [0.25, 0.3) is 10.0 Å². The van der Waals surface area contributed by atoms with Crippen LogP contribution in [0.2, 0.25) is 0 Å². The van der Waals surface area contributed by atoms with Crippen molar-refractivity contribution in [1.82, 2.24) is 9.29 Å². The monoisotopic (exact) mass is 364 g/mol. The first-order valence-corrected chi connectivity index (χ1v) is 10.7. The Bertz CT molecular complexity index is 883. The molecule has 0 N–H and O–H groups in total. The van der Waals surface area contributed by atoms with Crippen LogP contribution < -0.4 is 0 Å². The highest BCUT2D eigenvalue weighted by Crippen LogP contribution is 2.35. The summed E-state index contributed by atoms with van der Waals surface area (Å²) in [6.45, 7) is 1.13. The van der Waals surface area contributed by atoms with Gasteiger partial charge in [-0.1, -0.05) is 18.2 Å². The molecule has 7 heteroatoms. The molecule has 3 heterocycles. The number of hydrogen-bond donors (Lipinski definition) is 0. The number of sulfonamides is 1. The normalized spacial score (nSPS) is 20.1. The van der Waals surface area contributed by atoms with Crippen molar-refractivity contribution < 1.29 is 8.42 Å². The number of hydrogen-bond acceptors (Lipinski definition) is 5. The topological polar surface area (TPSA) is 50.3 Å². The molecule has 4 rings (SSSR count). The van der Waals surface area contributed by atoms with E-state index in [1.165, 1.54) is 16.0 Å². The number of aromatic nitrogens is 1. The van der Waals surface area contributed by atoms with E-state index < -0.39 is 10.0 Å². The van der Waals surface area contributed by atoms with Gasteiger partial charge < -0.3 is 0 Å². The van der Waals surface area contributed by atoms with Crippen LogP contribution in [0.15, 0.2) is 46.0 Å². The molecule has 0 aliphatic carbocycles. The minimum absolute atomic E-state index is 0.191. The van der Waals surface area contributed by atoms with E-state index in [1.807, 2.05) is 23.6 Å². The summed E-state index contributed by atoms with van der Waals surface area (Å²) >= 11 is 2.97. The van der Waals surface area contributed by atoms with Gasteiger partial charge in [0.15, 0.2) is 0 Å². The molecular formula is C16H16N2O2S3. The molecule has 3 aromatic rings. The van der Waals surface area contributed by atoms with Crippen molar-refractivity contribution in [2.45, 2.75) is 23.0 Å². The summed E-state index contributed by atoms with van der Waals surface area (Å²) in [4.78, 5) is 4.72. The van der Waals surface area contributed by atoms with Crippen molar-refractivity contribution in [3.05, 3.63) is 46.8 Å². The zero-order chi connectivity index (χ0) is 15.9. The van der Waals surface area contributed by atoms with Gasteiger partial charge in [0.05, 0.1) is 15.2 Å². The maximum absolute atomic E-state index is 12.7. The number of piperidine rings is 1. The second kappa shape index (κ2) is 5.98. The Balaban J connectivity index is 1.62. The maximum Gasteiger partial charge on any atom is 0.252 e. The zero-order valence-electron chi connectivity index (χ0n) is 12.4. The van der Waals surface area contributed by atoms with E-state index in [-0.39, 0.29) is 5.92 Å². The predicted molar refractivity (Wildman–Crippen MR) is 94.7 cm³/mol. The molecule has 1 aliphatic heterocycles. The predicted octanol–water partition coefficient (Wildman–Crippen LogP) is 3.93. The Morgan fingerprint density at radius 3 is 2.83 bits per heavy atom. The number of thiazole rings is 1. The fraction of sp³-hybridized carbons (Fsp3) is 0.312. The largest absolute Gasteiger partial charge is 0.252 e. The van der Waals surface area contributed by atoms with E-state index in [0.717, 1.165) is 23.4 Å². The molecule has 120 valence electrons. The van der Waals surface area contributed by atoms with E-state index in [9.17, 15) is 8.42 Å². The van der Waals surface area contributed by atoms with Crippen LogP contribution in [0.5, 0.6) is 0 Å². The molecule has 0 bridgehead atoms. The van der Waals surface area contributed by atoms with Gasteiger partial charge in [-0.2, -0.15) is 4.31 Å². The fourth-order valence-corrected chi connectivity index (χ4v) is 6.73. The summed E-state index contributed by atoms with van der Waals surface area (Å²) in [6.07, 6.45) is 1.88. The van der Waals surface area contributed by atoms with Crippen molar-refractivity contribution in [2.75, 3.05) is 13.1 Å². The van der Waals surface area contributed by atoms with E-state index in [0.29, 0.717) is 17.3 Å². The van der Waals surface area contributed by atoms with Crippen LogP contribution in [-0.4, -0.2) is 30.8 Å². The minimum Gasteiger partial charge on any atom is -0.241 e. The van der Waals surface area contributed by atoms with Gasteiger partial charge in [-0.25, -0.2) is 13.4 Å². The number of para-hydroxylation sites is 1. The second-order valence-electron chi connectivity index (χ2n) is 5.65. The SMILES string of the molecule is O=S(=O)(c1cccs1)N1CCC[C@H](c2nc3ccccc3s2)C1. The summed E-state index contributed by atoms with van der Waals surface area (Å²) < 4.78 is 28.7. The van der Waals surface area contributed by atoms with Gasteiger partial charge in [0.2, 0.25) is 0 Å². The molecule has 0 radical (unpaired) electrons. The lowest BCUT2D eigenvalue weighted by Gasteiger charge is -2.30. The lowest BCUT2D eigenvalue weighted by molar-refractivity contribution is 0.316. The van der Waals surface area contributed by atoms with E-state index in [1.54, 1.807) is 27.8 Å². The molecule has 1 saturated heterocycles. The highest BCUT2D eigenvalue weighted by Gasteiger charge is 2.32. The highest BCUT2D eigenvalue weighted by atomic mass is 32.2. The van der Waals surface area contributed by atoms with Gasteiger partial charge in [0.1, 0.15) is 4.21 Å². The molecule has 1 atom stereocenters. The Labute approximate surface area is 143 Å². The minimum atomic E-state index is -3.36. The second-order valence-corrected chi connectivity index (χ2v) is 9.83. The molecule has 0 spiro atoms. The molecule has 0 saturated carbocycles. The summed E-state index contributed by atoms with van der Waals surface area (Å²) in [6, 6.07) is 11.5. The number of benzene rings is 1. The van der Waals surface area contributed by atoms with Crippen molar-refractivity contribution >= 4 is 42.9 Å². The Morgan fingerprint density at radius 1 is 1.17 bits per heavy atom. The third-order valence-corrected chi connectivity index (χ3v) is 8.57. The van der Waals surface area contributed by atoms with Gasteiger partial charge in [0, 0.05) is 19.0 Å². The fourth-order valence-electron chi connectivity index (χ4n) is 2.96. The maximum atomic E-state index is 12.7. The lowest BCUT2D eigenvalue weighted by atomic mass is 10.0. The average molecular weight is 365 g/mol. The van der Waals surface area contributed by atoms with Crippen molar-refractivity contribution in [1.29, 1.82) is 0 Å². The third kappa shape index (κ3) is 2.82. The molecule has 2 aromatic heterocycles. The molecule has 1 aromatic carbocycles. The van der Waals surface area contributed by atoms with Crippen LogP contribution in [0.3, 0.4) is 0 Å². The molecule has 0 amide bonds. The van der Waals surface area contributed by atoms with Crippen molar-refractivity contribution in [3.63, 3.8) is 0 Å². The number of nitrogens with zero attached hydrogens (tertiary/aromatic N) is 2. The number of rotatable bonds is 3. The summed E-state index contributed by atoms with van der Waals surface area (Å²) in [5.41, 5.74) is 1.01. The van der Waals surface area contributed by atoms with Crippen LogP contribution in [0, 0.1) is 0 Å². The van der Waals surface area contributed by atoms with Crippen LogP contribution in [0.25, 0.3) is 10.2 Å². The number of fused-ring (bicyclic) bond motifs is 1. The van der Waals surface area contributed by atoms with Gasteiger partial charge >= 0.3 is 0 Å². The van der Waals surface area contributed by atoms with Crippen molar-refractivity contribution in [2.24, 2.45) is 0 Å². The zero-order valence-corrected chi connectivity index (χ0v) is 14.8. The summed E-state index contributed by atoms with van der Waals surface area (Å²) in [5, 5.41) is 2.86. The molecule has 1 fully saturated rings. The molecule has 0 unspecified atom stereocenters. The molecular weight excluding hydrogens is 348 g/mol. The van der Waals surface area contributed by atoms with Crippen LogP contribution in [0.4, 0.5) is 0 Å². The van der Waals surface area contributed by atoms with Crippen LogP contribution in [-0.2, 0) is 10.0 Å². The first-order valence-electron chi connectivity index (χ1n) is 7.54. The van der Waals surface area contributed by atoms with Gasteiger partial charge in [-0.3, -0.25) is 0 Å². The van der Waals surface area contributed by atoms with Crippen LogP contribution in [0.1, 0.15) is 23.8 Å². The molecule has 4 nitrogen and oxygen atoms in total. The summed E-state index contributed by atoms with van der Waals surface area (Å²) in [7, 11) is -3.36. The van der Waals surface area contributed by atoms with E-state index in [2.05, 4.69) is 6.07 Å². The van der Waals surface area contributed by atoms with Gasteiger partial charge in [-0.15, -0.1) is 22.7 Å². The van der Waals surface area contributed by atoms with Crippen molar-refractivity contribution in [3.8, 4) is 0 Å². The molecule has 23 heavy (non-hydrogen) atoms. The Hall–Kier alpha value is -1.28. The quantitative estimate of drug-likeness (QED) is 0.708. The lowest BCUT2D eigenvalue weighted by Crippen LogP contribution is -2.38. The van der Waals surface area contributed by atoms with E-state index in [4.69, 9.17) is 4.98 Å². The van der Waals surface area contributed by atoms with Crippen LogP contribution >= 0.6 is 22.7 Å². The van der Waals surface area contributed by atoms with Gasteiger partial charge in [-0.05, 0) is 36.4 Å². The average Bonchev–Trinajstić information content (AvgIpc) is 3.24. The first kappa shape index (κ1) is 15.3. The summed E-state index contributed by atoms with van der Waals surface area (Å²) in [5.74, 6) is 0.191. The number of thiophene rings is 1. The first-order chi connectivity index (χ1) is 11.1. The Morgan fingerprint density at radius 2 is 2.04 bits per heavy atom. The third-order valence-electron chi connectivity index (χ3n) is 4.13. The van der Waals surface area contributed by atoms with E-state index >= 15 is 0 Å². The standard InChI is InChI=1S/C16H16N2O2S3/c19-23(20,15-8-4-10-21-15)18-9-3-5-12(11-18)16-17-13-6-1-2-7-14(13)22-16/h1-2,4,6-8,10,12H,3,5,9,11H2/t12-/m0/s1. The molecule has 1 aliphatic rings.